The quantitative estimate of drug-likeness (QED) is 0.440. The molecule has 0 bridgehead atoms. The van der Waals surface area contributed by atoms with Gasteiger partial charge >= 0.3 is 0 Å². The molecule has 4 rings (SSSR count). The summed E-state index contributed by atoms with van der Waals surface area (Å²) in [6, 6.07) is 19.6. The van der Waals surface area contributed by atoms with E-state index in [0.717, 1.165) is 5.69 Å². The number of benzene rings is 2. The van der Waals surface area contributed by atoms with E-state index >= 15 is 0 Å². The summed E-state index contributed by atoms with van der Waals surface area (Å²) < 4.78 is 20.4. The molecule has 5 nitrogen and oxygen atoms in total. The molecule has 1 amide bonds. The van der Waals surface area contributed by atoms with Crippen molar-refractivity contribution in [1.82, 2.24) is 9.97 Å². The van der Waals surface area contributed by atoms with E-state index in [0.29, 0.717) is 15.6 Å². The number of fused-ring (bicyclic) bond motifs is 1. The number of ether oxygens (including phenoxy) is 1. The summed E-state index contributed by atoms with van der Waals surface area (Å²) in [5.41, 5.74) is 0.997. The van der Waals surface area contributed by atoms with Crippen molar-refractivity contribution >= 4 is 32.6 Å². The third-order valence-electron chi connectivity index (χ3n) is 4.26. The molecular formula is C22H18FN3O2S. The molecule has 2 heterocycles. The SMILES string of the molecule is O=C(CCOc1ccccc1)N(Cc1ccccn1)c1nc2c(F)cccc2s1. The Kier molecular flexibility index (Phi) is 5.76. The van der Waals surface area contributed by atoms with E-state index in [9.17, 15) is 9.18 Å². The van der Waals surface area contributed by atoms with Crippen LogP contribution in [0, 0.1) is 5.82 Å². The summed E-state index contributed by atoms with van der Waals surface area (Å²) in [4.78, 5) is 23.2. The molecule has 0 atom stereocenters. The van der Waals surface area contributed by atoms with E-state index in [1.54, 1.807) is 23.2 Å². The second kappa shape index (κ2) is 8.79. The van der Waals surface area contributed by atoms with E-state index in [1.807, 2.05) is 48.5 Å². The number of halogens is 1. The number of hydrogen-bond donors (Lipinski definition) is 0. The zero-order valence-electron chi connectivity index (χ0n) is 15.5. The monoisotopic (exact) mass is 407 g/mol. The van der Waals surface area contributed by atoms with E-state index < -0.39 is 5.82 Å². The molecule has 2 aromatic heterocycles. The molecule has 2 aromatic carbocycles. The van der Waals surface area contributed by atoms with Crippen molar-refractivity contribution in [1.29, 1.82) is 0 Å². The molecule has 29 heavy (non-hydrogen) atoms. The standard InChI is InChI=1S/C22H18FN3O2S/c23-18-10-6-11-19-21(18)25-22(29-19)26(15-16-7-4-5-13-24-16)20(27)12-14-28-17-8-2-1-3-9-17/h1-11,13H,12,14-15H2. The molecule has 0 aliphatic heterocycles. The highest BCUT2D eigenvalue weighted by Crippen LogP contribution is 2.31. The van der Waals surface area contributed by atoms with Gasteiger partial charge in [-0.3, -0.25) is 14.7 Å². The van der Waals surface area contributed by atoms with Gasteiger partial charge in [0.2, 0.25) is 5.91 Å². The average Bonchev–Trinajstić information content (AvgIpc) is 3.19. The Morgan fingerprint density at radius 2 is 1.86 bits per heavy atom. The summed E-state index contributed by atoms with van der Waals surface area (Å²) in [6.45, 7) is 0.493. The van der Waals surface area contributed by atoms with Crippen molar-refractivity contribution in [3.63, 3.8) is 0 Å². The lowest BCUT2D eigenvalue weighted by Crippen LogP contribution is -2.31. The lowest BCUT2D eigenvalue weighted by Gasteiger charge is -2.19. The molecule has 146 valence electrons. The van der Waals surface area contributed by atoms with Gasteiger partial charge in [0.05, 0.1) is 30.0 Å². The minimum absolute atomic E-state index is 0.161. The molecule has 0 fully saturated rings. The van der Waals surface area contributed by atoms with Gasteiger partial charge in [-0.25, -0.2) is 9.37 Å². The van der Waals surface area contributed by atoms with Gasteiger partial charge in [-0.05, 0) is 36.4 Å². The van der Waals surface area contributed by atoms with Crippen LogP contribution >= 0.6 is 11.3 Å². The molecule has 0 spiro atoms. The van der Waals surface area contributed by atoms with Gasteiger partial charge in [0, 0.05) is 6.20 Å². The number of anilines is 1. The van der Waals surface area contributed by atoms with Crippen molar-refractivity contribution in [2.75, 3.05) is 11.5 Å². The highest BCUT2D eigenvalue weighted by Gasteiger charge is 2.21. The molecule has 0 saturated heterocycles. The van der Waals surface area contributed by atoms with Crippen molar-refractivity contribution < 1.29 is 13.9 Å². The van der Waals surface area contributed by atoms with Crippen LogP contribution in [0.15, 0.2) is 72.9 Å². The first kappa shape index (κ1) is 19.0. The Balaban J connectivity index is 1.55. The van der Waals surface area contributed by atoms with Crippen molar-refractivity contribution in [3.8, 4) is 5.75 Å². The van der Waals surface area contributed by atoms with Gasteiger partial charge in [-0.2, -0.15) is 0 Å². The summed E-state index contributed by atoms with van der Waals surface area (Å²) in [6.07, 6.45) is 1.84. The van der Waals surface area contributed by atoms with Gasteiger partial charge in [0.1, 0.15) is 17.1 Å². The molecule has 0 unspecified atom stereocenters. The third-order valence-corrected chi connectivity index (χ3v) is 5.31. The van der Waals surface area contributed by atoms with E-state index in [1.165, 1.54) is 17.4 Å². The fraction of sp³-hybridized carbons (Fsp3) is 0.136. The fourth-order valence-corrected chi connectivity index (χ4v) is 3.84. The van der Waals surface area contributed by atoms with Crippen molar-refractivity contribution in [2.24, 2.45) is 0 Å². The highest BCUT2D eigenvalue weighted by atomic mass is 32.1. The Morgan fingerprint density at radius 1 is 1.03 bits per heavy atom. The van der Waals surface area contributed by atoms with E-state index in [-0.39, 0.29) is 31.0 Å². The fourth-order valence-electron chi connectivity index (χ4n) is 2.84. The lowest BCUT2D eigenvalue weighted by molar-refractivity contribution is -0.119. The first-order chi connectivity index (χ1) is 14.2. The molecule has 0 N–H and O–H groups in total. The molecule has 0 saturated carbocycles. The zero-order valence-corrected chi connectivity index (χ0v) is 16.3. The largest absolute Gasteiger partial charge is 0.493 e. The molecule has 0 aliphatic carbocycles. The number of nitrogens with zero attached hydrogens (tertiary/aromatic N) is 3. The Labute approximate surface area is 171 Å². The van der Waals surface area contributed by atoms with Crippen LogP contribution in [-0.4, -0.2) is 22.5 Å². The van der Waals surface area contributed by atoms with E-state index in [2.05, 4.69) is 9.97 Å². The number of carbonyl (C=O) groups excluding carboxylic acids is 1. The topological polar surface area (TPSA) is 55.3 Å². The van der Waals surface area contributed by atoms with Gasteiger partial charge in [0.15, 0.2) is 5.13 Å². The van der Waals surface area contributed by atoms with E-state index in [4.69, 9.17) is 4.74 Å². The first-order valence-corrected chi connectivity index (χ1v) is 9.95. The van der Waals surface area contributed by atoms with Crippen LogP contribution in [0.5, 0.6) is 5.75 Å². The molecule has 7 heteroatoms. The van der Waals surface area contributed by atoms with Gasteiger partial charge in [-0.15, -0.1) is 0 Å². The maximum absolute atomic E-state index is 14.1. The number of pyridine rings is 1. The van der Waals surface area contributed by atoms with Crippen LogP contribution in [0.4, 0.5) is 9.52 Å². The number of carbonyl (C=O) groups is 1. The molecule has 0 radical (unpaired) electrons. The third kappa shape index (κ3) is 4.57. The Hall–Kier alpha value is -3.32. The second-order valence-electron chi connectivity index (χ2n) is 6.30. The molecular weight excluding hydrogens is 389 g/mol. The number of amides is 1. The number of hydrogen-bond acceptors (Lipinski definition) is 5. The summed E-state index contributed by atoms with van der Waals surface area (Å²) in [5, 5.41) is 0.445. The normalized spacial score (nSPS) is 10.8. The first-order valence-electron chi connectivity index (χ1n) is 9.14. The van der Waals surface area contributed by atoms with Crippen molar-refractivity contribution in [2.45, 2.75) is 13.0 Å². The summed E-state index contributed by atoms with van der Waals surface area (Å²) in [5.74, 6) is 0.146. The predicted molar refractivity (Wildman–Crippen MR) is 112 cm³/mol. The van der Waals surface area contributed by atoms with Crippen molar-refractivity contribution in [3.05, 3.63) is 84.4 Å². The lowest BCUT2D eigenvalue weighted by atomic mass is 10.3. The molecule has 0 aliphatic rings. The smallest absolute Gasteiger partial charge is 0.232 e. The van der Waals surface area contributed by atoms with Crippen LogP contribution in [0.1, 0.15) is 12.1 Å². The molecule has 4 aromatic rings. The number of para-hydroxylation sites is 2. The number of aromatic nitrogens is 2. The maximum Gasteiger partial charge on any atom is 0.232 e. The van der Waals surface area contributed by atoms with Crippen LogP contribution in [0.2, 0.25) is 0 Å². The van der Waals surface area contributed by atoms with Crippen LogP contribution in [0.25, 0.3) is 10.2 Å². The minimum Gasteiger partial charge on any atom is -0.493 e. The summed E-state index contributed by atoms with van der Waals surface area (Å²) in [7, 11) is 0. The average molecular weight is 407 g/mol. The van der Waals surface area contributed by atoms with Crippen LogP contribution in [0.3, 0.4) is 0 Å². The second-order valence-corrected chi connectivity index (χ2v) is 7.30. The predicted octanol–water partition coefficient (Wildman–Crippen LogP) is 4.83. The van der Waals surface area contributed by atoms with Gasteiger partial charge in [-0.1, -0.05) is 41.7 Å². The highest BCUT2D eigenvalue weighted by molar-refractivity contribution is 7.22. The Morgan fingerprint density at radius 3 is 2.62 bits per heavy atom. The van der Waals surface area contributed by atoms with Gasteiger partial charge in [0.25, 0.3) is 0 Å². The number of rotatable bonds is 7. The van der Waals surface area contributed by atoms with Crippen LogP contribution in [-0.2, 0) is 11.3 Å². The number of thiazole rings is 1. The van der Waals surface area contributed by atoms with Crippen LogP contribution < -0.4 is 9.64 Å². The minimum atomic E-state index is -0.400. The maximum atomic E-state index is 14.1. The van der Waals surface area contributed by atoms with Gasteiger partial charge < -0.3 is 4.74 Å². The Bertz CT molecular complexity index is 1100. The zero-order chi connectivity index (χ0) is 20.1. The summed E-state index contributed by atoms with van der Waals surface area (Å²) >= 11 is 1.28.